The molecule has 0 aliphatic carbocycles. The van der Waals surface area contributed by atoms with E-state index in [1.807, 2.05) is 0 Å². The molecule has 0 radical (unpaired) electrons. The molecule has 0 aliphatic rings. The highest BCUT2D eigenvalue weighted by Crippen LogP contribution is 2.32. The van der Waals surface area contributed by atoms with Crippen molar-refractivity contribution in [1.82, 2.24) is 10.6 Å². The minimum Gasteiger partial charge on any atom is -0.504 e. The van der Waals surface area contributed by atoms with Crippen LogP contribution in [0, 0.1) is 0 Å². The van der Waals surface area contributed by atoms with Crippen molar-refractivity contribution in [2.45, 2.75) is 39.8 Å². The number of rotatable bonds is 4. The van der Waals surface area contributed by atoms with Crippen LogP contribution < -0.4 is 10.6 Å². The molecule has 1 aromatic rings. The van der Waals surface area contributed by atoms with E-state index in [1.165, 1.54) is 12.1 Å². The molecule has 0 aromatic heterocycles. The van der Waals surface area contributed by atoms with Crippen LogP contribution in [0.25, 0.3) is 0 Å². The predicted molar refractivity (Wildman–Crippen MR) is 75.0 cm³/mol. The van der Waals surface area contributed by atoms with Gasteiger partial charge in [0.15, 0.2) is 11.5 Å². The predicted octanol–water partition coefficient (Wildman–Crippen LogP) is 1.37. The number of hydrogen-bond donors (Lipinski definition) is 4. The average molecular weight is 280 g/mol. The minimum atomic E-state index is -0.598. The molecule has 0 spiro atoms. The molecule has 0 aliphatic heterocycles. The summed E-state index contributed by atoms with van der Waals surface area (Å²) in [6.07, 6.45) is 0. The van der Waals surface area contributed by atoms with E-state index in [0.29, 0.717) is 0 Å². The lowest BCUT2D eigenvalue weighted by Crippen LogP contribution is -2.31. The summed E-state index contributed by atoms with van der Waals surface area (Å²) in [7, 11) is 0. The number of carbonyl (C=O) groups is 2. The zero-order valence-corrected chi connectivity index (χ0v) is 12.0. The third-order valence-electron chi connectivity index (χ3n) is 2.48. The second-order valence-corrected chi connectivity index (χ2v) is 5.11. The number of benzene rings is 1. The maximum Gasteiger partial charge on any atom is 0.255 e. The lowest BCUT2D eigenvalue weighted by Gasteiger charge is -2.13. The smallest absolute Gasteiger partial charge is 0.255 e. The van der Waals surface area contributed by atoms with E-state index in [0.717, 1.165) is 0 Å². The van der Waals surface area contributed by atoms with Crippen LogP contribution in [-0.4, -0.2) is 34.1 Å². The van der Waals surface area contributed by atoms with Gasteiger partial charge in [-0.25, -0.2) is 0 Å². The number of hydrogen-bond acceptors (Lipinski definition) is 4. The van der Waals surface area contributed by atoms with E-state index in [9.17, 15) is 19.8 Å². The van der Waals surface area contributed by atoms with E-state index >= 15 is 0 Å². The summed E-state index contributed by atoms with van der Waals surface area (Å²) < 4.78 is 0. The van der Waals surface area contributed by atoms with Gasteiger partial charge < -0.3 is 20.8 Å². The maximum absolute atomic E-state index is 11.8. The van der Waals surface area contributed by atoms with Gasteiger partial charge in [-0.15, -0.1) is 0 Å². The highest BCUT2D eigenvalue weighted by atomic mass is 16.3. The van der Waals surface area contributed by atoms with Crippen LogP contribution in [-0.2, 0) is 0 Å². The summed E-state index contributed by atoms with van der Waals surface area (Å²) >= 11 is 0. The Kier molecular flexibility index (Phi) is 4.96. The fourth-order valence-corrected chi connectivity index (χ4v) is 1.63. The quantitative estimate of drug-likeness (QED) is 0.626. The third kappa shape index (κ3) is 3.63. The van der Waals surface area contributed by atoms with Gasteiger partial charge in [0.1, 0.15) is 0 Å². The topological polar surface area (TPSA) is 98.7 Å². The molecule has 4 N–H and O–H groups in total. The van der Waals surface area contributed by atoms with Crippen molar-refractivity contribution < 1.29 is 19.8 Å². The number of phenolic OH excluding ortho intramolecular Hbond substituents is 2. The second-order valence-electron chi connectivity index (χ2n) is 5.11. The van der Waals surface area contributed by atoms with E-state index < -0.39 is 23.3 Å². The Morgan fingerprint density at radius 1 is 0.850 bits per heavy atom. The molecule has 20 heavy (non-hydrogen) atoms. The first kappa shape index (κ1) is 15.8. The first-order valence-electron chi connectivity index (χ1n) is 6.40. The zero-order chi connectivity index (χ0) is 15.4. The van der Waals surface area contributed by atoms with Crippen molar-refractivity contribution in [2.75, 3.05) is 0 Å². The standard InChI is InChI=1S/C14H20N2O4/c1-7(2)15-13(19)9-5-6-10(12(18)11(9)17)14(20)16-8(3)4/h5-8,17-18H,1-4H3,(H,15,19)(H,16,20). The molecular formula is C14H20N2O4. The fraction of sp³-hybridized carbons (Fsp3) is 0.429. The lowest BCUT2D eigenvalue weighted by atomic mass is 10.1. The van der Waals surface area contributed by atoms with E-state index in [4.69, 9.17) is 0 Å². The van der Waals surface area contributed by atoms with Gasteiger partial charge >= 0.3 is 0 Å². The SMILES string of the molecule is CC(C)NC(=O)c1ccc(C(=O)NC(C)C)c(O)c1O. The highest BCUT2D eigenvalue weighted by molar-refractivity contribution is 6.02. The average Bonchev–Trinajstić information content (AvgIpc) is 2.30. The van der Waals surface area contributed by atoms with Gasteiger partial charge in [0.25, 0.3) is 11.8 Å². The van der Waals surface area contributed by atoms with Gasteiger partial charge in [-0.05, 0) is 39.8 Å². The number of amides is 2. The molecule has 110 valence electrons. The van der Waals surface area contributed by atoms with E-state index in [2.05, 4.69) is 10.6 Å². The molecule has 6 nitrogen and oxygen atoms in total. The minimum absolute atomic E-state index is 0.0719. The molecule has 0 fully saturated rings. The van der Waals surface area contributed by atoms with Gasteiger partial charge in [-0.2, -0.15) is 0 Å². The van der Waals surface area contributed by atoms with Crippen LogP contribution in [0.2, 0.25) is 0 Å². The Balaban J connectivity index is 3.09. The van der Waals surface area contributed by atoms with Crippen molar-refractivity contribution in [1.29, 1.82) is 0 Å². The van der Waals surface area contributed by atoms with Gasteiger partial charge in [0.2, 0.25) is 0 Å². The summed E-state index contributed by atoms with van der Waals surface area (Å²) in [5, 5.41) is 24.9. The fourth-order valence-electron chi connectivity index (χ4n) is 1.63. The summed E-state index contributed by atoms with van der Waals surface area (Å²) in [6.45, 7) is 7.11. The first-order valence-corrected chi connectivity index (χ1v) is 6.40. The molecule has 0 saturated carbocycles. The Hall–Kier alpha value is -2.24. The monoisotopic (exact) mass is 280 g/mol. The highest BCUT2D eigenvalue weighted by Gasteiger charge is 2.21. The van der Waals surface area contributed by atoms with Crippen molar-refractivity contribution >= 4 is 11.8 Å². The molecule has 6 heteroatoms. The van der Waals surface area contributed by atoms with Gasteiger partial charge in [-0.3, -0.25) is 9.59 Å². The van der Waals surface area contributed by atoms with Crippen molar-refractivity contribution in [3.8, 4) is 11.5 Å². The third-order valence-corrected chi connectivity index (χ3v) is 2.48. The van der Waals surface area contributed by atoms with Crippen molar-refractivity contribution in [3.05, 3.63) is 23.3 Å². The van der Waals surface area contributed by atoms with E-state index in [-0.39, 0.29) is 23.2 Å². The molecule has 1 aromatic carbocycles. The van der Waals surface area contributed by atoms with Crippen LogP contribution in [0.1, 0.15) is 48.4 Å². The van der Waals surface area contributed by atoms with Gasteiger partial charge in [-0.1, -0.05) is 0 Å². The Labute approximate surface area is 117 Å². The molecule has 1 rings (SSSR count). The number of aromatic hydroxyl groups is 2. The van der Waals surface area contributed by atoms with E-state index in [1.54, 1.807) is 27.7 Å². The number of carbonyl (C=O) groups excluding carboxylic acids is 2. The number of phenols is 2. The molecule has 2 amide bonds. The van der Waals surface area contributed by atoms with Crippen molar-refractivity contribution in [3.63, 3.8) is 0 Å². The largest absolute Gasteiger partial charge is 0.504 e. The van der Waals surface area contributed by atoms with Crippen LogP contribution >= 0.6 is 0 Å². The second kappa shape index (κ2) is 6.27. The summed E-state index contributed by atoms with van der Waals surface area (Å²) in [5.41, 5.74) is -0.144. The maximum atomic E-state index is 11.8. The molecular weight excluding hydrogens is 260 g/mol. The van der Waals surface area contributed by atoms with Crippen LogP contribution in [0.4, 0.5) is 0 Å². The van der Waals surface area contributed by atoms with Crippen molar-refractivity contribution in [2.24, 2.45) is 0 Å². The first-order chi connectivity index (χ1) is 9.23. The Morgan fingerprint density at radius 2 is 1.15 bits per heavy atom. The van der Waals surface area contributed by atoms with Crippen LogP contribution in [0.5, 0.6) is 11.5 Å². The molecule has 0 heterocycles. The molecule has 0 unspecified atom stereocenters. The normalized spacial score (nSPS) is 10.7. The Morgan fingerprint density at radius 3 is 1.40 bits per heavy atom. The summed E-state index contributed by atoms with van der Waals surface area (Å²) in [6, 6.07) is 2.41. The summed E-state index contributed by atoms with van der Waals surface area (Å²) in [5.74, 6) is -2.22. The number of nitrogens with one attached hydrogen (secondary N) is 2. The van der Waals surface area contributed by atoms with Crippen LogP contribution in [0.15, 0.2) is 12.1 Å². The van der Waals surface area contributed by atoms with Gasteiger partial charge in [0, 0.05) is 12.1 Å². The van der Waals surface area contributed by atoms with Crippen LogP contribution in [0.3, 0.4) is 0 Å². The Bertz CT molecular complexity index is 477. The molecule has 0 saturated heterocycles. The molecule has 0 atom stereocenters. The summed E-state index contributed by atoms with van der Waals surface area (Å²) in [4.78, 5) is 23.6. The van der Waals surface area contributed by atoms with Gasteiger partial charge in [0.05, 0.1) is 11.1 Å². The lowest BCUT2D eigenvalue weighted by molar-refractivity contribution is 0.0924. The molecule has 0 bridgehead atoms. The zero-order valence-electron chi connectivity index (χ0n) is 12.0.